The zero-order chi connectivity index (χ0) is 16.1. The summed E-state index contributed by atoms with van der Waals surface area (Å²) in [4.78, 5) is 3.93. The predicted molar refractivity (Wildman–Crippen MR) is 84.5 cm³/mol. The number of nitrogens with zero attached hydrogens (tertiary/aromatic N) is 5. The van der Waals surface area contributed by atoms with Crippen LogP contribution in [0, 0.1) is 0 Å². The van der Waals surface area contributed by atoms with Gasteiger partial charge in [-0.2, -0.15) is 10.2 Å². The minimum atomic E-state index is -0.186. The van der Waals surface area contributed by atoms with Gasteiger partial charge in [-0.05, 0) is 31.0 Å². The maximum absolute atomic E-state index is 8.78. The summed E-state index contributed by atoms with van der Waals surface area (Å²) in [5.74, 6) is 0.243. The van der Waals surface area contributed by atoms with E-state index in [9.17, 15) is 0 Å². The normalized spacial score (nSPS) is 17.5. The minimum absolute atomic E-state index is 0.186. The summed E-state index contributed by atoms with van der Waals surface area (Å²) in [6, 6.07) is 5.74. The van der Waals surface area contributed by atoms with Crippen LogP contribution in [0.4, 0.5) is 5.95 Å². The molecular weight excluding hydrogens is 296 g/mol. The maximum atomic E-state index is 8.78. The molecule has 120 valence electrons. The number of hydrogen-bond donors (Lipinski definition) is 2. The van der Waals surface area contributed by atoms with Crippen LogP contribution in [0.1, 0.15) is 12.8 Å². The average molecular weight is 314 g/mol. The highest BCUT2D eigenvalue weighted by atomic mass is 16.5. The molecule has 4 heterocycles. The van der Waals surface area contributed by atoms with Crippen LogP contribution in [0.2, 0.25) is 0 Å². The van der Waals surface area contributed by atoms with Crippen molar-refractivity contribution in [3.8, 4) is 11.3 Å². The third kappa shape index (κ3) is 3.79. The molecule has 0 bridgehead atoms. The highest BCUT2D eigenvalue weighted by Crippen LogP contribution is 2.19. The van der Waals surface area contributed by atoms with Crippen molar-refractivity contribution in [3.63, 3.8) is 0 Å². The molecule has 0 amide bonds. The number of hydrogen-bond acceptors (Lipinski definition) is 7. The number of fused-ring (bicyclic) bond motifs is 1. The molecular formula is C15H18N6O2. The number of aromatic nitrogens is 5. The number of aliphatic hydroxyl groups is 1. The first-order chi connectivity index (χ1) is 11.2. The Morgan fingerprint density at radius 3 is 2.78 bits per heavy atom. The zero-order valence-electron chi connectivity index (χ0n) is 12.5. The lowest BCUT2D eigenvalue weighted by molar-refractivity contribution is -0.00535. The molecule has 3 aromatic heterocycles. The predicted octanol–water partition coefficient (Wildman–Crippen LogP) is 0.926. The second kappa shape index (κ2) is 7.12. The lowest BCUT2D eigenvalue weighted by Gasteiger charge is -2.15. The Labute approximate surface area is 132 Å². The average Bonchev–Trinajstić information content (AvgIpc) is 3.00. The first-order valence-corrected chi connectivity index (χ1v) is 7.37. The highest BCUT2D eigenvalue weighted by Gasteiger charge is 2.08. The van der Waals surface area contributed by atoms with Gasteiger partial charge in [0.1, 0.15) is 0 Å². The fourth-order valence-corrected chi connectivity index (χ4v) is 2.30. The second-order valence-corrected chi connectivity index (χ2v) is 5.17. The van der Waals surface area contributed by atoms with Gasteiger partial charge < -0.3 is 15.6 Å². The topological polar surface area (TPSA) is 111 Å². The fourth-order valence-electron chi connectivity index (χ4n) is 2.30. The minimum Gasteiger partial charge on any atom is -0.391 e. The summed E-state index contributed by atoms with van der Waals surface area (Å²) < 4.78 is 6.67. The van der Waals surface area contributed by atoms with E-state index in [1.807, 2.05) is 18.2 Å². The molecule has 0 aromatic carbocycles. The first kappa shape index (κ1) is 15.3. The summed E-state index contributed by atoms with van der Waals surface area (Å²) in [7, 11) is 0. The van der Waals surface area contributed by atoms with Gasteiger partial charge in [-0.25, -0.2) is 9.50 Å². The third-order valence-corrected chi connectivity index (χ3v) is 3.43. The van der Waals surface area contributed by atoms with Gasteiger partial charge in [0, 0.05) is 12.2 Å². The quantitative estimate of drug-likeness (QED) is 0.687. The smallest absolute Gasteiger partial charge is 0.238 e. The number of nitrogens with two attached hydrogens (primary N) is 1. The molecule has 3 N–H and O–H groups in total. The van der Waals surface area contributed by atoms with Gasteiger partial charge in [0.25, 0.3) is 0 Å². The third-order valence-electron chi connectivity index (χ3n) is 3.43. The Balaban J connectivity index is 0.000000188. The van der Waals surface area contributed by atoms with Gasteiger partial charge in [-0.3, -0.25) is 0 Å². The summed E-state index contributed by atoms with van der Waals surface area (Å²) in [5, 5.41) is 20.5. The van der Waals surface area contributed by atoms with Crippen LogP contribution in [-0.2, 0) is 4.74 Å². The first-order valence-electron chi connectivity index (χ1n) is 7.37. The molecule has 1 saturated heterocycles. The van der Waals surface area contributed by atoms with Gasteiger partial charge >= 0.3 is 0 Å². The molecule has 0 saturated carbocycles. The molecule has 1 atom stereocenters. The molecule has 8 nitrogen and oxygen atoms in total. The van der Waals surface area contributed by atoms with E-state index >= 15 is 0 Å². The zero-order valence-corrected chi connectivity index (χ0v) is 12.5. The van der Waals surface area contributed by atoms with Gasteiger partial charge in [-0.15, -0.1) is 5.10 Å². The summed E-state index contributed by atoms with van der Waals surface area (Å²) in [6.07, 6.45) is 6.75. The molecule has 23 heavy (non-hydrogen) atoms. The highest BCUT2D eigenvalue weighted by molar-refractivity contribution is 5.65. The molecule has 0 radical (unpaired) electrons. The van der Waals surface area contributed by atoms with Gasteiger partial charge in [0.2, 0.25) is 5.95 Å². The number of anilines is 1. The van der Waals surface area contributed by atoms with Crippen LogP contribution in [-0.4, -0.2) is 49.2 Å². The van der Waals surface area contributed by atoms with Crippen LogP contribution in [0.3, 0.4) is 0 Å². The van der Waals surface area contributed by atoms with Crippen LogP contribution >= 0.6 is 0 Å². The number of ether oxygens (including phenoxy) is 1. The SMILES string of the molecule is Nc1ncc2ccc(-c3ccnnc3)n2n1.OC1CCCOC1. The molecule has 0 spiro atoms. The van der Waals surface area contributed by atoms with Gasteiger partial charge in [0.05, 0.1) is 42.5 Å². The second-order valence-electron chi connectivity index (χ2n) is 5.17. The summed E-state index contributed by atoms with van der Waals surface area (Å²) in [6.45, 7) is 1.37. The van der Waals surface area contributed by atoms with Crippen molar-refractivity contribution >= 4 is 11.5 Å². The van der Waals surface area contributed by atoms with E-state index in [0.29, 0.717) is 6.61 Å². The Hall–Kier alpha value is -2.58. The van der Waals surface area contributed by atoms with E-state index in [1.165, 1.54) is 0 Å². The van der Waals surface area contributed by atoms with Gasteiger partial charge in [0.15, 0.2) is 0 Å². The monoisotopic (exact) mass is 314 g/mol. The van der Waals surface area contributed by atoms with Crippen molar-refractivity contribution in [2.45, 2.75) is 18.9 Å². The summed E-state index contributed by atoms with van der Waals surface area (Å²) >= 11 is 0. The molecule has 3 aromatic rings. The Bertz CT molecular complexity index is 755. The van der Waals surface area contributed by atoms with Crippen molar-refractivity contribution in [3.05, 3.63) is 36.8 Å². The number of rotatable bonds is 1. The van der Waals surface area contributed by atoms with E-state index in [2.05, 4.69) is 20.3 Å². The van der Waals surface area contributed by atoms with Crippen molar-refractivity contribution in [1.29, 1.82) is 0 Å². The molecule has 1 unspecified atom stereocenters. The number of aliphatic hydroxyl groups excluding tert-OH is 1. The van der Waals surface area contributed by atoms with Crippen LogP contribution < -0.4 is 5.73 Å². The van der Waals surface area contributed by atoms with Crippen LogP contribution in [0.25, 0.3) is 16.8 Å². The Morgan fingerprint density at radius 2 is 2.13 bits per heavy atom. The lowest BCUT2D eigenvalue weighted by atomic mass is 10.2. The van der Waals surface area contributed by atoms with Crippen LogP contribution in [0.15, 0.2) is 36.8 Å². The van der Waals surface area contributed by atoms with Crippen molar-refractivity contribution < 1.29 is 9.84 Å². The Morgan fingerprint density at radius 1 is 1.22 bits per heavy atom. The van der Waals surface area contributed by atoms with Crippen molar-refractivity contribution in [2.24, 2.45) is 0 Å². The molecule has 4 rings (SSSR count). The Kier molecular flexibility index (Phi) is 4.74. The van der Waals surface area contributed by atoms with Crippen molar-refractivity contribution in [1.82, 2.24) is 24.8 Å². The molecule has 1 fully saturated rings. The van der Waals surface area contributed by atoms with Gasteiger partial charge in [-0.1, -0.05) is 0 Å². The maximum Gasteiger partial charge on any atom is 0.238 e. The van der Waals surface area contributed by atoms with E-state index in [0.717, 1.165) is 36.2 Å². The van der Waals surface area contributed by atoms with E-state index in [-0.39, 0.29) is 12.1 Å². The van der Waals surface area contributed by atoms with Crippen LogP contribution in [0.5, 0.6) is 0 Å². The molecule has 0 aliphatic carbocycles. The molecule has 1 aliphatic heterocycles. The largest absolute Gasteiger partial charge is 0.391 e. The van der Waals surface area contributed by atoms with E-state index in [4.69, 9.17) is 15.6 Å². The summed E-state index contributed by atoms with van der Waals surface area (Å²) in [5.41, 5.74) is 8.30. The molecule has 8 heteroatoms. The van der Waals surface area contributed by atoms with Crippen molar-refractivity contribution in [2.75, 3.05) is 18.9 Å². The number of nitrogen functional groups attached to an aromatic ring is 1. The fraction of sp³-hybridized carbons (Fsp3) is 0.333. The standard InChI is InChI=1S/C10H8N6.C5H10O2/c11-10-12-6-8-1-2-9(16(8)15-10)7-3-4-13-14-5-7;6-5-2-1-3-7-4-5/h1-6H,(H2,11,15);5-6H,1-4H2. The molecule has 1 aliphatic rings. The lowest BCUT2D eigenvalue weighted by Crippen LogP contribution is -2.21. The van der Waals surface area contributed by atoms with E-state index in [1.54, 1.807) is 23.1 Å². The van der Waals surface area contributed by atoms with E-state index < -0.39 is 0 Å².